The number of ether oxygens (including phenoxy) is 1. The molecule has 0 radical (unpaired) electrons. The van der Waals surface area contributed by atoms with E-state index in [0.717, 1.165) is 18.9 Å². The van der Waals surface area contributed by atoms with E-state index in [1.165, 1.54) is 0 Å². The minimum absolute atomic E-state index is 0.129. The number of hydrogen-bond acceptors (Lipinski definition) is 6. The Morgan fingerprint density at radius 2 is 1.96 bits per heavy atom. The molecular formula is C15H18N6O2. The molecule has 0 aliphatic carbocycles. The van der Waals surface area contributed by atoms with Crippen molar-refractivity contribution in [3.8, 4) is 5.88 Å². The molecule has 0 aromatic carbocycles. The average Bonchev–Trinajstić information content (AvgIpc) is 2.63. The average molecular weight is 314 g/mol. The van der Waals surface area contributed by atoms with Crippen LogP contribution >= 0.6 is 0 Å². The van der Waals surface area contributed by atoms with Gasteiger partial charge in [0, 0.05) is 44.6 Å². The number of anilines is 2. The monoisotopic (exact) mass is 314 g/mol. The Hall–Kier alpha value is -2.90. The van der Waals surface area contributed by atoms with E-state index in [1.807, 2.05) is 0 Å². The van der Waals surface area contributed by atoms with E-state index < -0.39 is 0 Å². The lowest BCUT2D eigenvalue weighted by Crippen LogP contribution is -2.50. The number of hydrogen-bond donors (Lipinski definition) is 1. The molecule has 0 unspecified atom stereocenters. The van der Waals surface area contributed by atoms with Gasteiger partial charge in [-0.15, -0.1) is 0 Å². The SMILES string of the molecule is COc1ccc(NC(=O)N2CCN(c3cnccn3)CC2)cn1. The van der Waals surface area contributed by atoms with Crippen LogP contribution in [-0.2, 0) is 0 Å². The summed E-state index contributed by atoms with van der Waals surface area (Å²) in [5.41, 5.74) is 0.646. The Balaban J connectivity index is 1.53. The van der Waals surface area contributed by atoms with Gasteiger partial charge >= 0.3 is 6.03 Å². The maximum absolute atomic E-state index is 12.3. The standard InChI is InChI=1S/C15H18N6O2/c1-23-14-3-2-12(10-18-14)19-15(22)21-8-6-20(7-9-21)13-11-16-4-5-17-13/h2-5,10-11H,6-9H2,1H3,(H,19,22). The summed E-state index contributed by atoms with van der Waals surface area (Å²) in [6, 6.07) is 3.34. The highest BCUT2D eigenvalue weighted by Gasteiger charge is 2.22. The third kappa shape index (κ3) is 3.65. The highest BCUT2D eigenvalue weighted by molar-refractivity contribution is 5.89. The van der Waals surface area contributed by atoms with Gasteiger partial charge in [-0.2, -0.15) is 0 Å². The van der Waals surface area contributed by atoms with Gasteiger partial charge in [-0.05, 0) is 6.07 Å². The van der Waals surface area contributed by atoms with E-state index in [2.05, 4.69) is 25.2 Å². The summed E-state index contributed by atoms with van der Waals surface area (Å²) in [7, 11) is 1.55. The Morgan fingerprint density at radius 1 is 1.13 bits per heavy atom. The van der Waals surface area contributed by atoms with Crippen molar-refractivity contribution in [1.82, 2.24) is 19.9 Å². The van der Waals surface area contributed by atoms with E-state index in [1.54, 1.807) is 48.9 Å². The van der Waals surface area contributed by atoms with Gasteiger partial charge in [0.2, 0.25) is 5.88 Å². The van der Waals surface area contributed by atoms with Crippen LogP contribution in [0.1, 0.15) is 0 Å². The van der Waals surface area contributed by atoms with E-state index in [-0.39, 0.29) is 6.03 Å². The number of methoxy groups -OCH3 is 1. The van der Waals surface area contributed by atoms with Gasteiger partial charge in [-0.3, -0.25) is 4.98 Å². The third-order valence-corrected chi connectivity index (χ3v) is 3.64. The van der Waals surface area contributed by atoms with Gasteiger partial charge in [0.25, 0.3) is 0 Å². The summed E-state index contributed by atoms with van der Waals surface area (Å²) < 4.78 is 4.99. The van der Waals surface area contributed by atoms with Crippen molar-refractivity contribution in [1.29, 1.82) is 0 Å². The molecule has 8 nitrogen and oxygen atoms in total. The number of pyridine rings is 1. The van der Waals surface area contributed by atoms with Gasteiger partial charge in [0.05, 0.1) is 25.2 Å². The fraction of sp³-hybridized carbons (Fsp3) is 0.333. The van der Waals surface area contributed by atoms with Crippen molar-refractivity contribution in [2.24, 2.45) is 0 Å². The summed E-state index contributed by atoms with van der Waals surface area (Å²) in [5, 5.41) is 2.84. The largest absolute Gasteiger partial charge is 0.481 e. The van der Waals surface area contributed by atoms with Gasteiger partial charge in [-0.1, -0.05) is 0 Å². The molecule has 0 atom stereocenters. The number of amides is 2. The summed E-state index contributed by atoms with van der Waals surface area (Å²) >= 11 is 0. The second kappa shape index (κ2) is 6.91. The van der Waals surface area contributed by atoms with E-state index >= 15 is 0 Å². The Labute approximate surface area is 134 Å². The molecule has 0 bridgehead atoms. The minimum Gasteiger partial charge on any atom is -0.481 e. The molecule has 1 fully saturated rings. The Bertz CT molecular complexity index is 641. The normalized spacial score (nSPS) is 14.5. The number of carbonyl (C=O) groups excluding carboxylic acids is 1. The molecular weight excluding hydrogens is 296 g/mol. The van der Waals surface area contributed by atoms with Crippen LogP contribution in [0.15, 0.2) is 36.9 Å². The number of aromatic nitrogens is 3. The van der Waals surface area contributed by atoms with Crippen molar-refractivity contribution >= 4 is 17.5 Å². The fourth-order valence-electron chi connectivity index (χ4n) is 2.37. The van der Waals surface area contributed by atoms with Gasteiger partial charge in [0.15, 0.2) is 0 Å². The number of carbonyl (C=O) groups is 1. The second-order valence-corrected chi connectivity index (χ2v) is 5.06. The number of nitrogens with zero attached hydrogens (tertiary/aromatic N) is 5. The molecule has 1 N–H and O–H groups in total. The van der Waals surface area contributed by atoms with Crippen molar-refractivity contribution < 1.29 is 9.53 Å². The first kappa shape index (κ1) is 15.0. The van der Waals surface area contributed by atoms with E-state index in [4.69, 9.17) is 4.74 Å². The summed E-state index contributed by atoms with van der Waals surface area (Å²) in [6.07, 6.45) is 6.63. The van der Waals surface area contributed by atoms with Crippen LogP contribution in [0.4, 0.5) is 16.3 Å². The van der Waals surface area contributed by atoms with Gasteiger partial charge in [0.1, 0.15) is 5.82 Å². The van der Waals surface area contributed by atoms with E-state index in [0.29, 0.717) is 24.7 Å². The summed E-state index contributed by atoms with van der Waals surface area (Å²) in [5.74, 6) is 1.35. The molecule has 1 saturated heterocycles. The maximum Gasteiger partial charge on any atom is 0.322 e. The number of rotatable bonds is 3. The molecule has 120 valence electrons. The molecule has 0 spiro atoms. The first-order chi connectivity index (χ1) is 11.3. The molecule has 1 aliphatic rings. The molecule has 2 amide bonds. The molecule has 8 heteroatoms. The quantitative estimate of drug-likeness (QED) is 0.917. The van der Waals surface area contributed by atoms with Crippen LogP contribution < -0.4 is 15.0 Å². The predicted molar refractivity (Wildman–Crippen MR) is 85.6 cm³/mol. The zero-order valence-electron chi connectivity index (χ0n) is 12.8. The van der Waals surface area contributed by atoms with Crippen molar-refractivity contribution in [2.75, 3.05) is 43.5 Å². The molecule has 2 aromatic rings. The smallest absolute Gasteiger partial charge is 0.322 e. The predicted octanol–water partition coefficient (Wildman–Crippen LogP) is 1.23. The fourth-order valence-corrected chi connectivity index (χ4v) is 2.37. The van der Waals surface area contributed by atoms with Crippen molar-refractivity contribution in [3.05, 3.63) is 36.9 Å². The van der Waals surface area contributed by atoms with Crippen molar-refractivity contribution in [2.45, 2.75) is 0 Å². The van der Waals surface area contributed by atoms with Crippen LogP contribution in [0.2, 0.25) is 0 Å². The lowest BCUT2D eigenvalue weighted by atomic mass is 10.3. The topological polar surface area (TPSA) is 83.5 Å². The molecule has 2 aromatic heterocycles. The first-order valence-electron chi connectivity index (χ1n) is 7.33. The number of nitrogens with one attached hydrogen (secondary N) is 1. The van der Waals surface area contributed by atoms with Gasteiger partial charge < -0.3 is 19.9 Å². The first-order valence-corrected chi connectivity index (χ1v) is 7.33. The van der Waals surface area contributed by atoms with Crippen LogP contribution in [0.3, 0.4) is 0 Å². The minimum atomic E-state index is -0.129. The van der Waals surface area contributed by atoms with Gasteiger partial charge in [-0.25, -0.2) is 14.8 Å². The van der Waals surface area contributed by atoms with E-state index in [9.17, 15) is 4.79 Å². The maximum atomic E-state index is 12.3. The molecule has 1 aliphatic heterocycles. The molecule has 3 rings (SSSR count). The Morgan fingerprint density at radius 3 is 2.57 bits per heavy atom. The molecule has 23 heavy (non-hydrogen) atoms. The Kier molecular flexibility index (Phi) is 4.51. The number of urea groups is 1. The summed E-state index contributed by atoms with van der Waals surface area (Å²) in [6.45, 7) is 2.72. The lowest BCUT2D eigenvalue weighted by Gasteiger charge is -2.35. The van der Waals surface area contributed by atoms with Crippen molar-refractivity contribution in [3.63, 3.8) is 0 Å². The second-order valence-electron chi connectivity index (χ2n) is 5.06. The van der Waals surface area contributed by atoms with Crippen LogP contribution in [0.25, 0.3) is 0 Å². The molecule has 3 heterocycles. The highest BCUT2D eigenvalue weighted by atomic mass is 16.5. The van der Waals surface area contributed by atoms with Crippen LogP contribution in [0.5, 0.6) is 5.88 Å². The zero-order chi connectivity index (χ0) is 16.1. The van der Waals surface area contributed by atoms with Crippen LogP contribution in [0, 0.1) is 0 Å². The van der Waals surface area contributed by atoms with Crippen LogP contribution in [-0.4, -0.2) is 59.2 Å². The zero-order valence-corrected chi connectivity index (χ0v) is 12.8. The number of piperazine rings is 1. The highest BCUT2D eigenvalue weighted by Crippen LogP contribution is 2.14. The molecule has 0 saturated carbocycles. The lowest BCUT2D eigenvalue weighted by molar-refractivity contribution is 0.208. The third-order valence-electron chi connectivity index (χ3n) is 3.64. The summed E-state index contributed by atoms with van der Waals surface area (Å²) in [4.78, 5) is 28.6.